The SMILES string of the molecule is CCCCCCCCCCCC(=O)c1cc(F)c(F)c(F)c1. The van der Waals surface area contributed by atoms with Crippen LogP contribution in [0.1, 0.15) is 81.5 Å². The predicted octanol–water partition coefficient (Wildman–Crippen LogP) is 6.21. The van der Waals surface area contributed by atoms with Crippen LogP contribution in [0.4, 0.5) is 13.2 Å². The molecule has 0 spiro atoms. The third kappa shape index (κ3) is 6.63. The van der Waals surface area contributed by atoms with Crippen LogP contribution < -0.4 is 0 Å². The highest BCUT2D eigenvalue weighted by molar-refractivity contribution is 5.96. The van der Waals surface area contributed by atoms with E-state index in [4.69, 9.17) is 0 Å². The summed E-state index contributed by atoms with van der Waals surface area (Å²) in [5, 5.41) is 0. The van der Waals surface area contributed by atoms with Crippen LogP contribution in [-0.2, 0) is 0 Å². The first kappa shape index (κ1) is 18.7. The van der Waals surface area contributed by atoms with Crippen molar-refractivity contribution in [3.05, 3.63) is 35.1 Å². The molecule has 1 nitrogen and oxygen atoms in total. The smallest absolute Gasteiger partial charge is 0.194 e. The van der Waals surface area contributed by atoms with Crippen molar-refractivity contribution in [1.29, 1.82) is 0 Å². The number of carbonyl (C=O) groups excluding carboxylic acids is 1. The van der Waals surface area contributed by atoms with Crippen LogP contribution in [0.15, 0.2) is 12.1 Å². The van der Waals surface area contributed by atoms with Gasteiger partial charge in [0.1, 0.15) is 0 Å². The number of benzene rings is 1. The Hall–Kier alpha value is -1.32. The third-order valence-corrected chi connectivity index (χ3v) is 3.81. The van der Waals surface area contributed by atoms with E-state index in [1.165, 1.54) is 32.1 Å². The molecular weight excluding hydrogens is 289 g/mol. The van der Waals surface area contributed by atoms with E-state index in [2.05, 4.69) is 6.92 Å². The second-order valence-electron chi connectivity index (χ2n) is 5.76. The van der Waals surface area contributed by atoms with Gasteiger partial charge < -0.3 is 0 Å². The molecule has 0 aliphatic carbocycles. The summed E-state index contributed by atoms with van der Waals surface area (Å²) in [7, 11) is 0. The molecule has 0 heterocycles. The van der Waals surface area contributed by atoms with Crippen molar-refractivity contribution >= 4 is 5.78 Å². The van der Waals surface area contributed by atoms with E-state index >= 15 is 0 Å². The van der Waals surface area contributed by atoms with Crippen LogP contribution in [0.25, 0.3) is 0 Å². The summed E-state index contributed by atoms with van der Waals surface area (Å²) in [5.74, 6) is -4.48. The molecule has 0 amide bonds. The summed E-state index contributed by atoms with van der Waals surface area (Å²) in [5.41, 5.74) is -0.0871. The predicted molar refractivity (Wildman–Crippen MR) is 82.5 cm³/mol. The Labute approximate surface area is 130 Å². The molecule has 0 bridgehead atoms. The van der Waals surface area contributed by atoms with Crippen molar-refractivity contribution in [2.45, 2.75) is 71.1 Å². The van der Waals surface area contributed by atoms with Crippen molar-refractivity contribution in [2.24, 2.45) is 0 Å². The van der Waals surface area contributed by atoms with Crippen LogP contribution in [-0.4, -0.2) is 5.78 Å². The Morgan fingerprint density at radius 1 is 0.818 bits per heavy atom. The van der Waals surface area contributed by atoms with Crippen molar-refractivity contribution in [3.63, 3.8) is 0 Å². The average molecular weight is 314 g/mol. The quantitative estimate of drug-likeness (QED) is 0.270. The summed E-state index contributed by atoms with van der Waals surface area (Å²) < 4.78 is 38.9. The molecule has 0 saturated heterocycles. The van der Waals surface area contributed by atoms with Crippen LogP contribution in [0, 0.1) is 17.5 Å². The maximum atomic E-state index is 13.0. The zero-order valence-corrected chi connectivity index (χ0v) is 13.3. The van der Waals surface area contributed by atoms with Crippen molar-refractivity contribution in [1.82, 2.24) is 0 Å². The number of rotatable bonds is 11. The lowest BCUT2D eigenvalue weighted by atomic mass is 10.0. The van der Waals surface area contributed by atoms with E-state index in [1.54, 1.807) is 0 Å². The number of hydrogen-bond donors (Lipinski definition) is 0. The van der Waals surface area contributed by atoms with Gasteiger partial charge in [0.25, 0.3) is 0 Å². The van der Waals surface area contributed by atoms with Crippen LogP contribution in [0.5, 0.6) is 0 Å². The minimum absolute atomic E-state index is 0.0871. The first-order valence-corrected chi connectivity index (χ1v) is 8.24. The molecule has 1 rings (SSSR count). The van der Waals surface area contributed by atoms with Gasteiger partial charge in [0.05, 0.1) is 0 Å². The number of carbonyl (C=O) groups is 1. The van der Waals surface area contributed by atoms with Crippen LogP contribution >= 0.6 is 0 Å². The molecule has 0 aliphatic heterocycles. The minimum Gasteiger partial charge on any atom is -0.294 e. The first-order valence-electron chi connectivity index (χ1n) is 8.24. The number of unbranched alkanes of at least 4 members (excludes halogenated alkanes) is 8. The van der Waals surface area contributed by atoms with E-state index in [0.717, 1.165) is 31.4 Å². The van der Waals surface area contributed by atoms with Crippen molar-refractivity contribution in [3.8, 4) is 0 Å². The summed E-state index contributed by atoms with van der Waals surface area (Å²) in [6.45, 7) is 2.19. The summed E-state index contributed by atoms with van der Waals surface area (Å²) >= 11 is 0. The van der Waals surface area contributed by atoms with Crippen molar-refractivity contribution in [2.75, 3.05) is 0 Å². The Kier molecular flexibility index (Phi) is 8.86. The lowest BCUT2D eigenvalue weighted by Crippen LogP contribution is -2.03. The highest BCUT2D eigenvalue weighted by Gasteiger charge is 2.14. The van der Waals surface area contributed by atoms with Crippen molar-refractivity contribution < 1.29 is 18.0 Å². The molecule has 1 aromatic carbocycles. The number of ketones is 1. The fraction of sp³-hybridized carbons (Fsp3) is 0.611. The largest absolute Gasteiger partial charge is 0.294 e. The number of Topliss-reactive ketones (excluding diaryl/α,β-unsaturated/α-hetero) is 1. The zero-order chi connectivity index (χ0) is 16.4. The lowest BCUT2D eigenvalue weighted by molar-refractivity contribution is 0.0978. The van der Waals surface area contributed by atoms with Crippen LogP contribution in [0.3, 0.4) is 0 Å². The zero-order valence-electron chi connectivity index (χ0n) is 13.3. The molecule has 0 radical (unpaired) electrons. The van der Waals surface area contributed by atoms with Gasteiger partial charge in [-0.3, -0.25) is 4.79 Å². The second-order valence-corrected chi connectivity index (χ2v) is 5.76. The van der Waals surface area contributed by atoms with E-state index in [1.807, 2.05) is 0 Å². The monoisotopic (exact) mass is 314 g/mol. The van der Waals surface area contributed by atoms with Gasteiger partial charge in [-0.2, -0.15) is 0 Å². The van der Waals surface area contributed by atoms with Gasteiger partial charge in [-0.25, -0.2) is 13.2 Å². The van der Waals surface area contributed by atoms with E-state index in [-0.39, 0.29) is 17.8 Å². The molecule has 0 aliphatic rings. The molecule has 22 heavy (non-hydrogen) atoms. The fourth-order valence-corrected chi connectivity index (χ4v) is 2.46. The number of hydrogen-bond acceptors (Lipinski definition) is 1. The Morgan fingerprint density at radius 2 is 1.27 bits per heavy atom. The maximum Gasteiger partial charge on any atom is 0.194 e. The molecule has 0 fully saturated rings. The lowest BCUT2D eigenvalue weighted by Gasteiger charge is -2.04. The first-order chi connectivity index (χ1) is 10.6. The van der Waals surface area contributed by atoms with Gasteiger partial charge in [0, 0.05) is 12.0 Å². The van der Waals surface area contributed by atoms with Gasteiger partial charge in [-0.1, -0.05) is 58.3 Å². The standard InChI is InChI=1S/C18H25F3O/c1-2-3-4-5-6-7-8-9-10-11-17(22)14-12-15(19)18(21)16(20)13-14/h12-13H,2-11H2,1H3. The topological polar surface area (TPSA) is 17.1 Å². The summed E-state index contributed by atoms with van der Waals surface area (Å²) in [4.78, 5) is 11.8. The van der Waals surface area contributed by atoms with Gasteiger partial charge in [-0.15, -0.1) is 0 Å². The third-order valence-electron chi connectivity index (χ3n) is 3.81. The second kappa shape index (κ2) is 10.4. The normalized spacial score (nSPS) is 10.9. The van der Waals surface area contributed by atoms with E-state index in [0.29, 0.717) is 6.42 Å². The van der Waals surface area contributed by atoms with Gasteiger partial charge >= 0.3 is 0 Å². The minimum atomic E-state index is -1.53. The van der Waals surface area contributed by atoms with Gasteiger partial charge in [0.2, 0.25) is 0 Å². The molecule has 124 valence electrons. The summed E-state index contributed by atoms with van der Waals surface area (Å²) in [6.07, 6.45) is 10.4. The fourth-order valence-electron chi connectivity index (χ4n) is 2.46. The molecule has 0 saturated carbocycles. The maximum absolute atomic E-state index is 13.0. The molecule has 1 aromatic rings. The van der Waals surface area contributed by atoms with Gasteiger partial charge in [-0.05, 0) is 18.6 Å². The molecular formula is C18H25F3O. The molecule has 0 atom stereocenters. The highest BCUT2D eigenvalue weighted by atomic mass is 19.2. The number of halogens is 3. The Morgan fingerprint density at radius 3 is 1.77 bits per heavy atom. The Bertz CT molecular complexity index is 448. The molecule has 0 N–H and O–H groups in total. The Balaban J connectivity index is 2.19. The molecule has 0 aromatic heterocycles. The summed E-state index contributed by atoms with van der Waals surface area (Å²) in [6, 6.07) is 1.54. The highest BCUT2D eigenvalue weighted by Crippen LogP contribution is 2.17. The van der Waals surface area contributed by atoms with Crippen LogP contribution in [0.2, 0.25) is 0 Å². The average Bonchev–Trinajstić information content (AvgIpc) is 2.50. The molecule has 4 heteroatoms. The molecule has 0 unspecified atom stereocenters. The van der Waals surface area contributed by atoms with E-state index < -0.39 is 17.5 Å². The van der Waals surface area contributed by atoms with E-state index in [9.17, 15) is 18.0 Å². The van der Waals surface area contributed by atoms with Gasteiger partial charge in [0.15, 0.2) is 23.2 Å².